The van der Waals surface area contributed by atoms with Crippen molar-refractivity contribution in [3.63, 3.8) is 0 Å². The molecule has 29 heavy (non-hydrogen) atoms. The van der Waals surface area contributed by atoms with Gasteiger partial charge in [0.1, 0.15) is 0 Å². The SMILES string of the molecule is Cc1ccc(Cn2c(=O)c(C(=O)N3CCCC3)nn(-c3ccccc3)c2=O)cc1. The molecule has 1 aliphatic rings. The number of hydrogen-bond acceptors (Lipinski definition) is 4. The van der Waals surface area contributed by atoms with Crippen LogP contribution in [0, 0.1) is 6.92 Å². The smallest absolute Gasteiger partial charge is 0.337 e. The zero-order chi connectivity index (χ0) is 20.4. The highest BCUT2D eigenvalue weighted by Gasteiger charge is 2.26. The molecule has 1 aliphatic heterocycles. The standard InChI is InChI=1S/C22H22N4O3/c1-16-9-11-17(12-10-16)15-25-21(28)19(20(27)24-13-5-6-14-24)23-26(22(25)29)18-7-3-2-4-8-18/h2-4,7-12H,5-6,13-15H2,1H3. The number of aryl methyl sites for hydroxylation is 1. The molecule has 0 bridgehead atoms. The molecule has 148 valence electrons. The number of nitrogens with zero attached hydrogens (tertiary/aromatic N) is 4. The molecule has 0 saturated carbocycles. The van der Waals surface area contributed by atoms with Gasteiger partial charge < -0.3 is 4.90 Å². The summed E-state index contributed by atoms with van der Waals surface area (Å²) in [5.41, 5.74) is 0.954. The van der Waals surface area contributed by atoms with Crippen molar-refractivity contribution in [3.8, 4) is 5.69 Å². The summed E-state index contributed by atoms with van der Waals surface area (Å²) in [5.74, 6) is -0.421. The molecule has 0 N–H and O–H groups in total. The van der Waals surface area contributed by atoms with Crippen LogP contribution < -0.4 is 11.2 Å². The van der Waals surface area contributed by atoms with E-state index in [1.165, 1.54) is 0 Å². The number of aromatic nitrogens is 3. The van der Waals surface area contributed by atoms with E-state index in [-0.39, 0.29) is 12.2 Å². The fourth-order valence-corrected chi connectivity index (χ4v) is 3.47. The maximum Gasteiger partial charge on any atom is 0.352 e. The van der Waals surface area contributed by atoms with E-state index in [0.29, 0.717) is 18.8 Å². The van der Waals surface area contributed by atoms with Crippen molar-refractivity contribution in [3.05, 3.63) is 92.3 Å². The zero-order valence-electron chi connectivity index (χ0n) is 16.2. The Hall–Kier alpha value is -3.48. The Morgan fingerprint density at radius 1 is 0.966 bits per heavy atom. The molecule has 2 aromatic carbocycles. The average Bonchev–Trinajstić information content (AvgIpc) is 3.28. The highest BCUT2D eigenvalue weighted by Crippen LogP contribution is 2.11. The Balaban J connectivity index is 1.87. The third-order valence-corrected chi connectivity index (χ3v) is 5.12. The van der Waals surface area contributed by atoms with Crippen molar-refractivity contribution < 1.29 is 4.79 Å². The molecule has 2 heterocycles. The van der Waals surface area contributed by atoms with Gasteiger partial charge >= 0.3 is 5.69 Å². The number of carbonyl (C=O) groups is 1. The first-order valence-corrected chi connectivity index (χ1v) is 9.69. The zero-order valence-corrected chi connectivity index (χ0v) is 16.2. The lowest BCUT2D eigenvalue weighted by atomic mass is 10.1. The van der Waals surface area contributed by atoms with Crippen molar-refractivity contribution in [2.45, 2.75) is 26.3 Å². The third kappa shape index (κ3) is 3.76. The number of benzene rings is 2. The van der Waals surface area contributed by atoms with Crippen LogP contribution in [0.15, 0.2) is 64.2 Å². The Bertz CT molecular complexity index is 1140. The van der Waals surface area contributed by atoms with Gasteiger partial charge in [0.15, 0.2) is 0 Å². The van der Waals surface area contributed by atoms with Crippen molar-refractivity contribution in [1.82, 2.24) is 19.2 Å². The second-order valence-electron chi connectivity index (χ2n) is 7.25. The van der Waals surface area contributed by atoms with Crippen LogP contribution in [-0.4, -0.2) is 38.2 Å². The van der Waals surface area contributed by atoms with Gasteiger partial charge in [-0.15, -0.1) is 0 Å². The molecule has 7 nitrogen and oxygen atoms in total. The summed E-state index contributed by atoms with van der Waals surface area (Å²) >= 11 is 0. The van der Waals surface area contributed by atoms with Gasteiger partial charge in [0.2, 0.25) is 5.69 Å². The molecular weight excluding hydrogens is 368 g/mol. The van der Waals surface area contributed by atoms with E-state index < -0.39 is 17.2 Å². The topological polar surface area (TPSA) is 77.2 Å². The third-order valence-electron chi connectivity index (χ3n) is 5.12. The van der Waals surface area contributed by atoms with Crippen LogP contribution in [0.25, 0.3) is 5.69 Å². The molecule has 1 fully saturated rings. The maximum absolute atomic E-state index is 13.1. The predicted molar refractivity (Wildman–Crippen MR) is 110 cm³/mol. The predicted octanol–water partition coefficient (Wildman–Crippen LogP) is 1.99. The molecule has 0 spiro atoms. The van der Waals surface area contributed by atoms with Crippen LogP contribution in [-0.2, 0) is 6.54 Å². The van der Waals surface area contributed by atoms with E-state index in [4.69, 9.17) is 0 Å². The number of para-hydroxylation sites is 1. The minimum absolute atomic E-state index is 0.0770. The number of likely N-dealkylation sites (tertiary alicyclic amines) is 1. The van der Waals surface area contributed by atoms with Gasteiger partial charge in [-0.3, -0.25) is 14.2 Å². The summed E-state index contributed by atoms with van der Waals surface area (Å²) < 4.78 is 2.23. The number of hydrogen-bond donors (Lipinski definition) is 0. The van der Waals surface area contributed by atoms with Crippen molar-refractivity contribution in [1.29, 1.82) is 0 Å². The maximum atomic E-state index is 13.1. The molecular formula is C22H22N4O3. The van der Waals surface area contributed by atoms with E-state index in [0.717, 1.165) is 33.2 Å². The fourth-order valence-electron chi connectivity index (χ4n) is 3.47. The van der Waals surface area contributed by atoms with Gasteiger partial charge in [-0.05, 0) is 37.5 Å². The molecule has 4 rings (SSSR count). The number of carbonyl (C=O) groups excluding carboxylic acids is 1. The minimum atomic E-state index is -0.653. The highest BCUT2D eigenvalue weighted by atomic mass is 16.2. The van der Waals surface area contributed by atoms with Gasteiger partial charge in [-0.2, -0.15) is 9.78 Å². The van der Waals surface area contributed by atoms with Crippen LogP contribution in [0.4, 0.5) is 0 Å². The van der Waals surface area contributed by atoms with Crippen LogP contribution in [0.1, 0.15) is 34.5 Å². The minimum Gasteiger partial charge on any atom is -0.337 e. The lowest BCUT2D eigenvalue weighted by Gasteiger charge is -2.16. The lowest BCUT2D eigenvalue weighted by molar-refractivity contribution is 0.0781. The molecule has 0 radical (unpaired) electrons. The quantitative estimate of drug-likeness (QED) is 0.683. The number of rotatable bonds is 4. The van der Waals surface area contributed by atoms with E-state index in [1.54, 1.807) is 29.2 Å². The Morgan fingerprint density at radius 3 is 2.28 bits per heavy atom. The Morgan fingerprint density at radius 2 is 1.62 bits per heavy atom. The van der Waals surface area contributed by atoms with Crippen LogP contribution in [0.3, 0.4) is 0 Å². The lowest BCUT2D eigenvalue weighted by Crippen LogP contribution is -2.46. The summed E-state index contributed by atoms with van der Waals surface area (Å²) in [7, 11) is 0. The first kappa shape index (κ1) is 18.9. The summed E-state index contributed by atoms with van der Waals surface area (Å²) in [6.07, 6.45) is 1.81. The second kappa shape index (κ2) is 7.87. The van der Waals surface area contributed by atoms with Gasteiger partial charge in [0, 0.05) is 13.1 Å². The molecule has 1 aromatic heterocycles. The summed E-state index contributed by atoms with van der Waals surface area (Å²) in [6.45, 7) is 3.25. The Labute approximate surface area is 167 Å². The summed E-state index contributed by atoms with van der Waals surface area (Å²) in [5, 5.41) is 4.18. The summed E-state index contributed by atoms with van der Waals surface area (Å²) in [4.78, 5) is 40.7. The number of amides is 1. The van der Waals surface area contributed by atoms with Crippen LogP contribution in [0.5, 0.6) is 0 Å². The molecule has 1 amide bonds. The summed E-state index contributed by atoms with van der Waals surface area (Å²) in [6, 6.07) is 16.4. The van der Waals surface area contributed by atoms with Gasteiger partial charge in [-0.25, -0.2) is 4.79 Å². The Kier molecular flexibility index (Phi) is 5.12. The van der Waals surface area contributed by atoms with Gasteiger partial charge in [0.05, 0.1) is 12.2 Å². The van der Waals surface area contributed by atoms with Crippen LogP contribution in [0.2, 0.25) is 0 Å². The molecule has 0 aliphatic carbocycles. The first-order chi connectivity index (χ1) is 14.0. The molecule has 7 heteroatoms. The molecule has 0 atom stereocenters. The van der Waals surface area contributed by atoms with Crippen molar-refractivity contribution in [2.24, 2.45) is 0 Å². The monoisotopic (exact) mass is 390 g/mol. The van der Waals surface area contributed by atoms with E-state index in [9.17, 15) is 14.4 Å². The highest BCUT2D eigenvalue weighted by molar-refractivity contribution is 5.92. The van der Waals surface area contributed by atoms with Crippen molar-refractivity contribution >= 4 is 5.91 Å². The normalized spacial score (nSPS) is 13.6. The van der Waals surface area contributed by atoms with Gasteiger partial charge in [-0.1, -0.05) is 48.0 Å². The van der Waals surface area contributed by atoms with E-state index in [1.807, 2.05) is 37.3 Å². The molecule has 0 unspecified atom stereocenters. The molecule has 1 saturated heterocycles. The van der Waals surface area contributed by atoms with Gasteiger partial charge in [0.25, 0.3) is 11.5 Å². The average molecular weight is 390 g/mol. The fraction of sp³-hybridized carbons (Fsp3) is 0.273. The second-order valence-corrected chi connectivity index (χ2v) is 7.25. The largest absolute Gasteiger partial charge is 0.352 e. The van der Waals surface area contributed by atoms with Crippen molar-refractivity contribution in [2.75, 3.05) is 13.1 Å². The van der Waals surface area contributed by atoms with E-state index in [2.05, 4.69) is 5.10 Å². The van der Waals surface area contributed by atoms with E-state index >= 15 is 0 Å². The molecule has 3 aromatic rings. The first-order valence-electron chi connectivity index (χ1n) is 9.69. The van der Waals surface area contributed by atoms with Crippen LogP contribution >= 0.6 is 0 Å².